The third-order valence-electron chi connectivity index (χ3n) is 3.68. The zero-order chi connectivity index (χ0) is 9.90. The van der Waals surface area contributed by atoms with Gasteiger partial charge in [0.15, 0.2) is 0 Å². The molecule has 1 rings (SSSR count). The minimum atomic E-state index is -0.448. The van der Waals surface area contributed by atoms with Crippen LogP contribution in [0.5, 0.6) is 0 Å². The lowest BCUT2D eigenvalue weighted by molar-refractivity contribution is -0.0560. The third-order valence-corrected chi connectivity index (χ3v) is 3.68. The van der Waals surface area contributed by atoms with E-state index in [1.165, 1.54) is 0 Å². The molecule has 1 unspecified atom stereocenters. The monoisotopic (exact) mass is 185 g/mol. The summed E-state index contributed by atoms with van der Waals surface area (Å²) < 4.78 is 0. The van der Waals surface area contributed by atoms with E-state index < -0.39 is 5.60 Å². The maximum Gasteiger partial charge on any atom is 0.0688 e. The second-order valence-electron chi connectivity index (χ2n) is 4.63. The topological polar surface area (TPSA) is 46.2 Å². The maximum atomic E-state index is 10.4. The van der Waals surface area contributed by atoms with Crippen molar-refractivity contribution in [2.75, 3.05) is 6.54 Å². The highest BCUT2D eigenvalue weighted by molar-refractivity contribution is 4.90. The van der Waals surface area contributed by atoms with Crippen LogP contribution in [-0.4, -0.2) is 17.3 Å². The average Bonchev–Trinajstić information content (AvgIpc) is 2.13. The van der Waals surface area contributed by atoms with Crippen LogP contribution in [0.1, 0.15) is 46.0 Å². The first kappa shape index (κ1) is 11.0. The Balaban J connectivity index is 2.54. The normalized spacial score (nSPS) is 37.4. The molecule has 0 amide bonds. The highest BCUT2D eigenvalue weighted by Crippen LogP contribution is 2.37. The second kappa shape index (κ2) is 4.43. The Hall–Kier alpha value is -0.0800. The summed E-state index contributed by atoms with van der Waals surface area (Å²) in [6.07, 6.45) is 5.22. The van der Waals surface area contributed by atoms with E-state index in [0.717, 1.165) is 38.0 Å². The molecule has 0 radical (unpaired) electrons. The van der Waals surface area contributed by atoms with Crippen LogP contribution >= 0.6 is 0 Å². The molecule has 1 aliphatic rings. The van der Waals surface area contributed by atoms with Crippen molar-refractivity contribution >= 4 is 0 Å². The van der Waals surface area contributed by atoms with Crippen LogP contribution in [0.15, 0.2) is 0 Å². The van der Waals surface area contributed by atoms with E-state index in [9.17, 15) is 5.11 Å². The highest BCUT2D eigenvalue weighted by atomic mass is 16.3. The van der Waals surface area contributed by atoms with Crippen molar-refractivity contribution in [3.63, 3.8) is 0 Å². The standard InChI is InChI=1S/C11H23NO/c1-3-10(8-12)11(13)6-4-9(2)5-7-11/h9-10,13H,3-8,12H2,1-2H3. The van der Waals surface area contributed by atoms with Crippen molar-refractivity contribution < 1.29 is 5.11 Å². The molecule has 1 saturated carbocycles. The van der Waals surface area contributed by atoms with Gasteiger partial charge in [0.1, 0.15) is 0 Å². The summed E-state index contributed by atoms with van der Waals surface area (Å²) in [4.78, 5) is 0. The molecule has 2 nitrogen and oxygen atoms in total. The Bertz CT molecular complexity index is 146. The summed E-state index contributed by atoms with van der Waals surface area (Å²) in [6.45, 7) is 5.01. The first-order valence-corrected chi connectivity index (χ1v) is 5.55. The van der Waals surface area contributed by atoms with Crippen molar-refractivity contribution in [2.45, 2.75) is 51.6 Å². The highest BCUT2D eigenvalue weighted by Gasteiger charge is 2.37. The Labute approximate surface area is 81.5 Å². The molecule has 0 heterocycles. The predicted molar refractivity (Wildman–Crippen MR) is 55.4 cm³/mol. The largest absolute Gasteiger partial charge is 0.390 e. The van der Waals surface area contributed by atoms with Crippen LogP contribution in [-0.2, 0) is 0 Å². The quantitative estimate of drug-likeness (QED) is 0.705. The zero-order valence-corrected chi connectivity index (χ0v) is 8.92. The van der Waals surface area contributed by atoms with Crippen molar-refractivity contribution in [3.05, 3.63) is 0 Å². The van der Waals surface area contributed by atoms with E-state index in [1.54, 1.807) is 0 Å². The summed E-state index contributed by atoms with van der Waals surface area (Å²) in [7, 11) is 0. The summed E-state index contributed by atoms with van der Waals surface area (Å²) >= 11 is 0. The summed E-state index contributed by atoms with van der Waals surface area (Å²) in [5, 5.41) is 10.4. The molecular formula is C11H23NO. The Morgan fingerprint density at radius 3 is 2.38 bits per heavy atom. The van der Waals surface area contributed by atoms with Crippen molar-refractivity contribution in [1.29, 1.82) is 0 Å². The molecule has 2 heteroatoms. The van der Waals surface area contributed by atoms with Crippen LogP contribution in [0.2, 0.25) is 0 Å². The molecule has 3 N–H and O–H groups in total. The van der Waals surface area contributed by atoms with Gasteiger partial charge in [-0.25, -0.2) is 0 Å². The fraction of sp³-hybridized carbons (Fsp3) is 1.00. The van der Waals surface area contributed by atoms with Crippen molar-refractivity contribution in [3.8, 4) is 0 Å². The van der Waals surface area contributed by atoms with Gasteiger partial charge >= 0.3 is 0 Å². The smallest absolute Gasteiger partial charge is 0.0688 e. The number of nitrogens with two attached hydrogens (primary N) is 1. The Morgan fingerprint density at radius 1 is 1.46 bits per heavy atom. The molecule has 1 fully saturated rings. The lowest BCUT2D eigenvalue weighted by atomic mass is 9.72. The summed E-state index contributed by atoms with van der Waals surface area (Å²) in [5.41, 5.74) is 5.23. The van der Waals surface area contributed by atoms with E-state index >= 15 is 0 Å². The fourth-order valence-corrected chi connectivity index (χ4v) is 2.44. The van der Waals surface area contributed by atoms with Gasteiger partial charge in [-0.05, 0) is 50.5 Å². The first-order chi connectivity index (χ1) is 6.12. The molecule has 1 aliphatic carbocycles. The van der Waals surface area contributed by atoms with Crippen LogP contribution in [0, 0.1) is 11.8 Å². The fourth-order valence-electron chi connectivity index (χ4n) is 2.44. The molecule has 0 spiro atoms. The van der Waals surface area contributed by atoms with Gasteiger partial charge < -0.3 is 10.8 Å². The van der Waals surface area contributed by atoms with Gasteiger partial charge in [-0.2, -0.15) is 0 Å². The number of hydrogen-bond donors (Lipinski definition) is 2. The minimum absolute atomic E-state index is 0.306. The molecule has 1 atom stereocenters. The van der Waals surface area contributed by atoms with E-state index in [0.29, 0.717) is 12.5 Å². The molecule has 0 saturated heterocycles. The van der Waals surface area contributed by atoms with Crippen LogP contribution in [0.4, 0.5) is 0 Å². The first-order valence-electron chi connectivity index (χ1n) is 5.55. The Morgan fingerprint density at radius 2 is 2.00 bits per heavy atom. The van der Waals surface area contributed by atoms with Crippen LogP contribution in [0.25, 0.3) is 0 Å². The van der Waals surface area contributed by atoms with Crippen molar-refractivity contribution in [1.82, 2.24) is 0 Å². The summed E-state index contributed by atoms with van der Waals surface area (Å²) in [6, 6.07) is 0. The van der Waals surface area contributed by atoms with Gasteiger partial charge in [-0.3, -0.25) is 0 Å². The third kappa shape index (κ3) is 2.44. The molecule has 0 bridgehead atoms. The second-order valence-corrected chi connectivity index (χ2v) is 4.63. The molecular weight excluding hydrogens is 162 g/mol. The number of hydrogen-bond acceptors (Lipinski definition) is 2. The van der Waals surface area contributed by atoms with Gasteiger partial charge in [0.2, 0.25) is 0 Å². The Kier molecular flexibility index (Phi) is 3.74. The lowest BCUT2D eigenvalue weighted by Crippen LogP contribution is -2.44. The van der Waals surface area contributed by atoms with Gasteiger partial charge in [0.05, 0.1) is 5.60 Å². The van der Waals surface area contributed by atoms with Gasteiger partial charge in [0, 0.05) is 0 Å². The lowest BCUT2D eigenvalue weighted by Gasteiger charge is -2.40. The minimum Gasteiger partial charge on any atom is -0.390 e. The van der Waals surface area contributed by atoms with Crippen LogP contribution in [0.3, 0.4) is 0 Å². The molecule has 78 valence electrons. The van der Waals surface area contributed by atoms with E-state index in [2.05, 4.69) is 13.8 Å². The molecule has 0 aromatic rings. The number of aliphatic hydroxyl groups is 1. The van der Waals surface area contributed by atoms with E-state index in [4.69, 9.17) is 5.73 Å². The SMILES string of the molecule is CCC(CN)C1(O)CCC(C)CC1. The predicted octanol–water partition coefficient (Wildman–Crippen LogP) is 1.91. The molecule has 0 aromatic heterocycles. The molecule has 0 aromatic carbocycles. The number of rotatable bonds is 3. The van der Waals surface area contributed by atoms with Gasteiger partial charge in [0.25, 0.3) is 0 Å². The van der Waals surface area contributed by atoms with Crippen LogP contribution < -0.4 is 5.73 Å². The van der Waals surface area contributed by atoms with Gasteiger partial charge in [-0.15, -0.1) is 0 Å². The zero-order valence-electron chi connectivity index (χ0n) is 8.92. The van der Waals surface area contributed by atoms with E-state index in [1.807, 2.05) is 0 Å². The average molecular weight is 185 g/mol. The molecule has 0 aliphatic heterocycles. The van der Waals surface area contributed by atoms with Crippen molar-refractivity contribution in [2.24, 2.45) is 17.6 Å². The van der Waals surface area contributed by atoms with E-state index in [-0.39, 0.29) is 0 Å². The molecule has 13 heavy (non-hydrogen) atoms. The van der Waals surface area contributed by atoms with Gasteiger partial charge in [-0.1, -0.05) is 13.8 Å². The summed E-state index contributed by atoms with van der Waals surface area (Å²) in [5.74, 6) is 1.09. The maximum absolute atomic E-state index is 10.4.